The summed E-state index contributed by atoms with van der Waals surface area (Å²) in [4.78, 5) is 24.2. The van der Waals surface area contributed by atoms with Crippen LogP contribution in [0, 0.1) is 0 Å². The maximum atomic E-state index is 11.7. The molecule has 16 heavy (non-hydrogen) atoms. The van der Waals surface area contributed by atoms with Crippen LogP contribution in [0.2, 0.25) is 0 Å². The molecule has 84 valence electrons. The summed E-state index contributed by atoms with van der Waals surface area (Å²) in [5, 5.41) is 0. The molecule has 0 bridgehead atoms. The number of imide groups is 1. The normalized spacial score (nSPS) is 15.4. The van der Waals surface area contributed by atoms with E-state index in [-0.39, 0.29) is 11.1 Å². The Hall–Kier alpha value is -1.69. The zero-order valence-electron chi connectivity index (χ0n) is 8.50. The summed E-state index contributed by atoms with van der Waals surface area (Å²) in [6.45, 7) is 0. The number of amides is 2. The Balaban J connectivity index is 2.43. The lowest BCUT2D eigenvalue weighted by Gasteiger charge is -2.11. The second-order valence-corrected chi connectivity index (χ2v) is 5.75. The third kappa shape index (κ3) is 1.71. The van der Waals surface area contributed by atoms with E-state index in [1.807, 2.05) is 0 Å². The number of fused-ring (bicyclic) bond motifs is 1. The average molecular weight is 239 g/mol. The molecule has 0 spiro atoms. The minimum Gasteiger partial charge on any atom is -0.269 e. The molecule has 0 unspecified atom stereocenters. The number of nitrogens with zero attached hydrogens (tertiary/aromatic N) is 1. The largest absolute Gasteiger partial charge is 0.269 e. The molecule has 1 aromatic carbocycles. The summed E-state index contributed by atoms with van der Waals surface area (Å²) in [6.07, 6.45) is 0.983. The van der Waals surface area contributed by atoms with Gasteiger partial charge in [0.15, 0.2) is 9.84 Å². The summed E-state index contributed by atoms with van der Waals surface area (Å²) in [7, 11) is -3.41. The standard InChI is InChI=1S/C10H9NO4S/c1-16(14,15)6-11-9(12)7-4-2-3-5-8(7)10(11)13/h2-5H,6H2,1H3. The first kappa shape index (κ1) is 10.8. The summed E-state index contributed by atoms with van der Waals surface area (Å²) < 4.78 is 22.2. The minimum absolute atomic E-state index is 0.260. The van der Waals surface area contributed by atoms with Crippen LogP contribution in [0.25, 0.3) is 0 Å². The van der Waals surface area contributed by atoms with Crippen molar-refractivity contribution in [3.05, 3.63) is 35.4 Å². The molecule has 0 radical (unpaired) electrons. The Labute approximate surface area is 92.6 Å². The molecule has 0 saturated carbocycles. The molecule has 5 nitrogen and oxygen atoms in total. The van der Waals surface area contributed by atoms with Crippen LogP contribution in [0.15, 0.2) is 24.3 Å². The van der Waals surface area contributed by atoms with Gasteiger partial charge in [-0.05, 0) is 12.1 Å². The van der Waals surface area contributed by atoms with Gasteiger partial charge in [0.05, 0.1) is 11.1 Å². The topological polar surface area (TPSA) is 71.5 Å². The van der Waals surface area contributed by atoms with Gasteiger partial charge in [0, 0.05) is 6.26 Å². The van der Waals surface area contributed by atoms with Crippen LogP contribution in [0.3, 0.4) is 0 Å². The van der Waals surface area contributed by atoms with Crippen molar-refractivity contribution >= 4 is 21.7 Å². The van der Waals surface area contributed by atoms with Crippen LogP contribution in [0.5, 0.6) is 0 Å². The molecule has 0 atom stereocenters. The molecule has 0 N–H and O–H groups in total. The number of hydrogen-bond donors (Lipinski definition) is 0. The van der Waals surface area contributed by atoms with Gasteiger partial charge in [-0.25, -0.2) is 8.42 Å². The molecular weight excluding hydrogens is 230 g/mol. The SMILES string of the molecule is CS(=O)(=O)CN1C(=O)c2ccccc2C1=O. The molecule has 0 aromatic heterocycles. The molecule has 2 rings (SSSR count). The van der Waals surface area contributed by atoms with Crippen molar-refractivity contribution in [1.29, 1.82) is 0 Å². The molecule has 6 heteroatoms. The lowest BCUT2D eigenvalue weighted by atomic mass is 10.1. The van der Waals surface area contributed by atoms with Crippen LogP contribution in [0.4, 0.5) is 0 Å². The summed E-state index contributed by atoms with van der Waals surface area (Å²) in [5.74, 6) is -1.67. The number of carbonyl (C=O) groups is 2. The van der Waals surface area contributed by atoms with Gasteiger partial charge >= 0.3 is 0 Å². The molecular formula is C10H9NO4S. The van der Waals surface area contributed by atoms with Crippen molar-refractivity contribution in [3.8, 4) is 0 Å². The smallest absolute Gasteiger partial charge is 0.262 e. The van der Waals surface area contributed by atoms with E-state index in [9.17, 15) is 18.0 Å². The Kier molecular flexibility index (Phi) is 2.31. The van der Waals surface area contributed by atoms with E-state index in [0.717, 1.165) is 11.2 Å². The summed E-state index contributed by atoms with van der Waals surface area (Å²) >= 11 is 0. The molecule has 0 fully saturated rings. The van der Waals surface area contributed by atoms with Gasteiger partial charge in [0.25, 0.3) is 11.8 Å². The highest BCUT2D eigenvalue weighted by molar-refractivity contribution is 7.90. The maximum Gasteiger partial charge on any atom is 0.262 e. The lowest BCUT2D eigenvalue weighted by molar-refractivity contribution is 0.0680. The Morgan fingerprint density at radius 1 is 1.06 bits per heavy atom. The van der Waals surface area contributed by atoms with Gasteiger partial charge in [-0.1, -0.05) is 12.1 Å². The number of hydrogen-bond acceptors (Lipinski definition) is 4. The van der Waals surface area contributed by atoms with Gasteiger partial charge in [0.2, 0.25) is 0 Å². The van der Waals surface area contributed by atoms with E-state index >= 15 is 0 Å². The van der Waals surface area contributed by atoms with E-state index in [0.29, 0.717) is 0 Å². The second-order valence-electron chi connectivity index (χ2n) is 3.64. The van der Waals surface area contributed by atoms with Crippen molar-refractivity contribution in [3.63, 3.8) is 0 Å². The predicted octanol–water partition coefficient (Wildman–Crippen LogP) is 0.285. The Morgan fingerprint density at radius 2 is 1.50 bits per heavy atom. The molecule has 2 amide bonds. The zero-order valence-corrected chi connectivity index (χ0v) is 9.32. The van der Waals surface area contributed by atoms with Crippen molar-refractivity contribution < 1.29 is 18.0 Å². The first-order valence-electron chi connectivity index (χ1n) is 4.53. The Bertz CT molecular complexity index is 541. The maximum absolute atomic E-state index is 11.7. The van der Waals surface area contributed by atoms with Crippen LogP contribution >= 0.6 is 0 Å². The third-order valence-corrected chi connectivity index (χ3v) is 2.97. The summed E-state index contributed by atoms with van der Waals surface area (Å²) in [6, 6.07) is 6.29. The van der Waals surface area contributed by atoms with Crippen molar-refractivity contribution in [2.24, 2.45) is 0 Å². The van der Waals surface area contributed by atoms with Gasteiger partial charge < -0.3 is 0 Å². The van der Waals surface area contributed by atoms with E-state index in [2.05, 4.69) is 0 Å². The highest BCUT2D eigenvalue weighted by Gasteiger charge is 2.36. The van der Waals surface area contributed by atoms with Crippen molar-refractivity contribution in [2.75, 3.05) is 12.1 Å². The first-order chi connectivity index (χ1) is 7.40. The first-order valence-corrected chi connectivity index (χ1v) is 6.59. The number of sulfone groups is 1. The highest BCUT2D eigenvalue weighted by atomic mass is 32.2. The third-order valence-electron chi connectivity index (χ3n) is 2.24. The minimum atomic E-state index is -3.41. The van der Waals surface area contributed by atoms with E-state index in [1.165, 1.54) is 12.1 Å². The molecule has 0 aliphatic carbocycles. The molecule has 1 aliphatic heterocycles. The Morgan fingerprint density at radius 3 is 1.88 bits per heavy atom. The average Bonchev–Trinajstić information content (AvgIpc) is 2.43. The fourth-order valence-corrected chi connectivity index (χ4v) is 2.29. The predicted molar refractivity (Wildman–Crippen MR) is 56.7 cm³/mol. The molecule has 1 aliphatic rings. The monoisotopic (exact) mass is 239 g/mol. The van der Waals surface area contributed by atoms with Crippen LogP contribution < -0.4 is 0 Å². The fourth-order valence-electron chi connectivity index (χ4n) is 1.59. The van der Waals surface area contributed by atoms with Gasteiger partial charge in [-0.2, -0.15) is 0 Å². The number of rotatable bonds is 2. The van der Waals surface area contributed by atoms with E-state index < -0.39 is 27.5 Å². The number of benzene rings is 1. The molecule has 0 saturated heterocycles. The van der Waals surface area contributed by atoms with Gasteiger partial charge in [-0.15, -0.1) is 0 Å². The summed E-state index contributed by atoms with van der Waals surface area (Å²) in [5.41, 5.74) is 0.521. The molecule has 1 heterocycles. The zero-order chi connectivity index (χ0) is 11.9. The van der Waals surface area contributed by atoms with Crippen molar-refractivity contribution in [2.45, 2.75) is 0 Å². The number of carbonyl (C=O) groups excluding carboxylic acids is 2. The molecule has 1 aromatic rings. The second kappa shape index (κ2) is 3.41. The van der Waals surface area contributed by atoms with Gasteiger partial charge in [0.1, 0.15) is 5.88 Å². The highest BCUT2D eigenvalue weighted by Crippen LogP contribution is 2.22. The van der Waals surface area contributed by atoms with Crippen molar-refractivity contribution in [1.82, 2.24) is 4.90 Å². The lowest BCUT2D eigenvalue weighted by Crippen LogP contribution is -2.34. The fraction of sp³-hybridized carbons (Fsp3) is 0.200. The van der Waals surface area contributed by atoms with Crippen LogP contribution in [-0.2, 0) is 9.84 Å². The quantitative estimate of drug-likeness (QED) is 0.695. The van der Waals surface area contributed by atoms with Gasteiger partial charge in [-0.3, -0.25) is 14.5 Å². The van der Waals surface area contributed by atoms with Crippen LogP contribution in [-0.4, -0.2) is 37.3 Å². The van der Waals surface area contributed by atoms with Crippen LogP contribution in [0.1, 0.15) is 20.7 Å². The van der Waals surface area contributed by atoms with E-state index in [4.69, 9.17) is 0 Å². The van der Waals surface area contributed by atoms with E-state index in [1.54, 1.807) is 12.1 Å².